The van der Waals surface area contributed by atoms with Crippen LogP contribution in [0, 0.1) is 0 Å². The molecule has 0 aliphatic rings. The van der Waals surface area contributed by atoms with Crippen LogP contribution in [-0.2, 0) is 13.1 Å². The second kappa shape index (κ2) is 8.55. The number of hydrogen-bond acceptors (Lipinski definition) is 3. The Morgan fingerprint density at radius 2 is 1.62 bits per heavy atom. The van der Waals surface area contributed by atoms with Gasteiger partial charge in [0, 0.05) is 38.4 Å². The first kappa shape index (κ1) is 17.3. The lowest BCUT2D eigenvalue weighted by atomic mass is 10.1. The van der Waals surface area contributed by atoms with Crippen molar-refractivity contribution in [2.24, 2.45) is 0 Å². The van der Waals surface area contributed by atoms with Gasteiger partial charge >= 0.3 is 0 Å². The van der Waals surface area contributed by atoms with Crippen molar-refractivity contribution < 1.29 is 17.1 Å². The van der Waals surface area contributed by atoms with Crippen molar-refractivity contribution in [2.45, 2.75) is 13.1 Å². The average molecular weight is 306 g/mol. The van der Waals surface area contributed by atoms with Crippen LogP contribution in [0.3, 0.4) is 0 Å². The zero-order valence-electron chi connectivity index (χ0n) is 12.8. The summed E-state index contributed by atoms with van der Waals surface area (Å²) in [7, 11) is 5.81. The van der Waals surface area contributed by atoms with Gasteiger partial charge in [-0.25, -0.2) is 0 Å². The van der Waals surface area contributed by atoms with Crippen LogP contribution in [0.2, 0.25) is 0 Å². The van der Waals surface area contributed by atoms with Crippen LogP contribution in [0.15, 0.2) is 48.5 Å². The number of nitrogens with zero attached hydrogens (tertiary/aromatic N) is 1. The van der Waals surface area contributed by atoms with Crippen LogP contribution in [0.4, 0.5) is 5.69 Å². The van der Waals surface area contributed by atoms with Crippen molar-refractivity contribution in [1.29, 1.82) is 0 Å². The van der Waals surface area contributed by atoms with Gasteiger partial charge < -0.3 is 27.4 Å². The molecule has 1 N–H and O–H groups in total. The number of hydrogen-bond donors (Lipinski definition) is 1. The maximum atomic E-state index is 5.34. The molecule has 2 aromatic rings. The highest BCUT2D eigenvalue weighted by atomic mass is 35.5. The third kappa shape index (κ3) is 4.96. The first-order chi connectivity index (χ1) is 9.70. The summed E-state index contributed by atoms with van der Waals surface area (Å²) in [4.78, 5) is 2.10. The molecule has 0 unspecified atom stereocenters. The number of rotatable bonds is 6. The van der Waals surface area contributed by atoms with Gasteiger partial charge in [0.25, 0.3) is 0 Å². The number of methoxy groups -OCH3 is 1. The summed E-state index contributed by atoms with van der Waals surface area (Å²) in [5.41, 5.74) is 3.68. The molecule has 0 saturated carbocycles. The first-order valence-corrected chi connectivity index (χ1v) is 6.79. The van der Waals surface area contributed by atoms with E-state index in [0.29, 0.717) is 0 Å². The quantitative estimate of drug-likeness (QED) is 0.816. The molecule has 0 aliphatic heterocycles. The van der Waals surface area contributed by atoms with Gasteiger partial charge in [0.15, 0.2) is 0 Å². The Morgan fingerprint density at radius 1 is 0.952 bits per heavy atom. The molecule has 0 amide bonds. The van der Waals surface area contributed by atoms with Crippen LogP contribution >= 0.6 is 0 Å². The molecule has 0 fully saturated rings. The van der Waals surface area contributed by atoms with E-state index in [2.05, 4.69) is 54.6 Å². The van der Waals surface area contributed by atoms with Gasteiger partial charge in [0.1, 0.15) is 5.75 Å². The minimum Gasteiger partial charge on any atom is -1.00 e. The third-order valence-electron chi connectivity index (χ3n) is 3.29. The second-order valence-corrected chi connectivity index (χ2v) is 4.98. The molecule has 0 aliphatic carbocycles. The number of benzene rings is 2. The monoisotopic (exact) mass is 305 g/mol. The molecule has 114 valence electrons. The summed E-state index contributed by atoms with van der Waals surface area (Å²) in [5, 5.41) is 3.45. The second-order valence-electron chi connectivity index (χ2n) is 4.98. The Morgan fingerprint density at radius 3 is 2.24 bits per heavy atom. The van der Waals surface area contributed by atoms with E-state index in [1.807, 2.05) is 18.2 Å². The van der Waals surface area contributed by atoms with Crippen LogP contribution in [-0.4, -0.2) is 21.2 Å². The minimum atomic E-state index is 0. The molecule has 21 heavy (non-hydrogen) atoms. The number of halogens is 1. The average Bonchev–Trinajstić information content (AvgIpc) is 2.48. The number of para-hydroxylation sites is 1. The Labute approximate surface area is 133 Å². The van der Waals surface area contributed by atoms with E-state index in [0.717, 1.165) is 18.8 Å². The lowest BCUT2D eigenvalue weighted by Gasteiger charge is -2.13. The molecule has 2 rings (SSSR count). The van der Waals surface area contributed by atoms with Gasteiger partial charge in [0.05, 0.1) is 7.11 Å². The van der Waals surface area contributed by atoms with Crippen LogP contribution in [0.1, 0.15) is 11.1 Å². The zero-order valence-corrected chi connectivity index (χ0v) is 13.5. The maximum absolute atomic E-state index is 5.34. The molecule has 2 aromatic carbocycles. The largest absolute Gasteiger partial charge is 1.00 e. The molecular weight excluding hydrogens is 284 g/mol. The number of nitrogens with one attached hydrogen (secondary N) is 1. The minimum absolute atomic E-state index is 0. The fourth-order valence-electron chi connectivity index (χ4n) is 2.10. The van der Waals surface area contributed by atoms with E-state index in [1.165, 1.54) is 16.8 Å². The van der Waals surface area contributed by atoms with Gasteiger partial charge in [-0.2, -0.15) is 0 Å². The molecule has 0 saturated heterocycles. The summed E-state index contributed by atoms with van der Waals surface area (Å²) >= 11 is 0. The standard InChI is InChI=1S/C17H22N2O.ClH/c1-19(2)16-10-8-14(9-11-16)12-18-13-15-6-4-5-7-17(15)20-3;/h4-11,18H,12-13H2,1-3H3;1H/p-1. The van der Waals surface area contributed by atoms with Crippen molar-refractivity contribution in [1.82, 2.24) is 5.32 Å². The molecule has 0 spiro atoms. The topological polar surface area (TPSA) is 24.5 Å². The van der Waals surface area contributed by atoms with E-state index < -0.39 is 0 Å². The van der Waals surface area contributed by atoms with Gasteiger partial charge in [-0.3, -0.25) is 0 Å². The van der Waals surface area contributed by atoms with Crippen LogP contribution in [0.25, 0.3) is 0 Å². The molecule has 0 radical (unpaired) electrons. The van der Waals surface area contributed by atoms with E-state index in [-0.39, 0.29) is 12.4 Å². The van der Waals surface area contributed by atoms with E-state index in [9.17, 15) is 0 Å². The number of ether oxygens (including phenoxy) is 1. The fourth-order valence-corrected chi connectivity index (χ4v) is 2.10. The highest BCUT2D eigenvalue weighted by molar-refractivity contribution is 5.46. The SMILES string of the molecule is COc1ccccc1CNCc1ccc(N(C)C)cc1.[Cl-]. The Kier molecular flexibility index (Phi) is 7.06. The molecule has 0 atom stereocenters. The lowest BCUT2D eigenvalue weighted by molar-refractivity contribution is -0.00000446. The summed E-state index contributed by atoms with van der Waals surface area (Å²) in [6.45, 7) is 1.66. The summed E-state index contributed by atoms with van der Waals surface area (Å²) in [5.74, 6) is 0.933. The zero-order chi connectivity index (χ0) is 14.4. The van der Waals surface area contributed by atoms with Crippen molar-refractivity contribution in [3.63, 3.8) is 0 Å². The highest BCUT2D eigenvalue weighted by Crippen LogP contribution is 2.17. The molecular formula is C17H22ClN2O-. The predicted molar refractivity (Wildman–Crippen MR) is 84.3 cm³/mol. The summed E-state index contributed by atoms with van der Waals surface area (Å²) in [6, 6.07) is 16.7. The van der Waals surface area contributed by atoms with Crippen molar-refractivity contribution in [2.75, 3.05) is 26.1 Å². The lowest BCUT2D eigenvalue weighted by Crippen LogP contribution is -3.00. The molecule has 0 heterocycles. The predicted octanol–water partition coefficient (Wildman–Crippen LogP) is 0.0550. The summed E-state index contributed by atoms with van der Waals surface area (Å²) in [6.07, 6.45) is 0. The fraction of sp³-hybridized carbons (Fsp3) is 0.294. The Hall–Kier alpha value is -1.71. The third-order valence-corrected chi connectivity index (χ3v) is 3.29. The van der Waals surface area contributed by atoms with Crippen LogP contribution < -0.4 is 27.4 Å². The Balaban J connectivity index is 0.00000220. The highest BCUT2D eigenvalue weighted by Gasteiger charge is 2.01. The summed E-state index contributed by atoms with van der Waals surface area (Å²) < 4.78 is 5.34. The van der Waals surface area contributed by atoms with E-state index in [4.69, 9.17) is 4.74 Å². The van der Waals surface area contributed by atoms with Crippen molar-refractivity contribution in [3.8, 4) is 5.75 Å². The van der Waals surface area contributed by atoms with E-state index >= 15 is 0 Å². The maximum Gasteiger partial charge on any atom is 0.123 e. The molecule has 3 nitrogen and oxygen atoms in total. The van der Waals surface area contributed by atoms with Crippen molar-refractivity contribution >= 4 is 5.69 Å². The van der Waals surface area contributed by atoms with Gasteiger partial charge in [-0.15, -0.1) is 0 Å². The van der Waals surface area contributed by atoms with Gasteiger partial charge in [0.2, 0.25) is 0 Å². The Bertz CT molecular complexity index is 541. The van der Waals surface area contributed by atoms with E-state index in [1.54, 1.807) is 7.11 Å². The van der Waals surface area contributed by atoms with Crippen molar-refractivity contribution in [3.05, 3.63) is 59.7 Å². The van der Waals surface area contributed by atoms with Crippen LogP contribution in [0.5, 0.6) is 5.75 Å². The normalized spacial score (nSPS) is 9.86. The number of anilines is 1. The molecule has 0 bridgehead atoms. The van der Waals surface area contributed by atoms with Gasteiger partial charge in [-0.05, 0) is 23.8 Å². The molecule has 4 heteroatoms. The van der Waals surface area contributed by atoms with Gasteiger partial charge in [-0.1, -0.05) is 30.3 Å². The molecule has 0 aromatic heterocycles. The smallest absolute Gasteiger partial charge is 0.123 e. The first-order valence-electron chi connectivity index (χ1n) is 6.79.